The lowest BCUT2D eigenvalue weighted by molar-refractivity contribution is -0.137. The molecule has 6 nitrogen and oxygen atoms in total. The van der Waals surface area contributed by atoms with Gasteiger partial charge in [-0.15, -0.1) is 0 Å². The molecule has 1 atom stereocenters. The second-order valence-electron chi connectivity index (χ2n) is 4.66. The summed E-state index contributed by atoms with van der Waals surface area (Å²) in [5, 5.41) is 11.9. The zero-order valence-corrected chi connectivity index (χ0v) is 11.2. The highest BCUT2D eigenvalue weighted by Crippen LogP contribution is 2.14. The predicted molar refractivity (Wildman–Crippen MR) is 76.3 cm³/mol. The summed E-state index contributed by atoms with van der Waals surface area (Å²) in [5.74, 6) is -0.791. The van der Waals surface area contributed by atoms with Gasteiger partial charge >= 0.3 is 11.7 Å². The Balaban J connectivity index is 2.00. The summed E-state index contributed by atoms with van der Waals surface area (Å²) in [6, 6.07) is 7.48. The van der Waals surface area contributed by atoms with E-state index in [9.17, 15) is 9.59 Å². The third-order valence-electron chi connectivity index (χ3n) is 3.00. The summed E-state index contributed by atoms with van der Waals surface area (Å²) < 4.78 is 1.51. The first-order valence-corrected chi connectivity index (χ1v) is 6.41. The van der Waals surface area contributed by atoms with Gasteiger partial charge in [0.1, 0.15) is 0 Å². The number of rotatable bonds is 6. The normalized spacial score (nSPS) is 12.1. The molecule has 0 spiro atoms. The first-order chi connectivity index (χ1) is 9.56. The lowest BCUT2D eigenvalue weighted by Gasteiger charge is -2.14. The number of carboxylic acid groups (broad SMARTS) is 1. The molecule has 0 bridgehead atoms. The van der Waals surface area contributed by atoms with E-state index >= 15 is 0 Å². The van der Waals surface area contributed by atoms with Crippen LogP contribution in [-0.4, -0.2) is 26.7 Å². The predicted octanol–water partition coefficient (Wildman–Crippen LogP) is 1.83. The van der Waals surface area contributed by atoms with Crippen LogP contribution < -0.4 is 11.0 Å². The largest absolute Gasteiger partial charge is 0.481 e. The number of aromatic amines is 1. The number of imidazole rings is 1. The first kappa shape index (κ1) is 13.9. The van der Waals surface area contributed by atoms with Crippen molar-refractivity contribution in [2.24, 2.45) is 0 Å². The summed E-state index contributed by atoms with van der Waals surface area (Å²) >= 11 is 0. The fraction of sp³-hybridized carbons (Fsp3) is 0.286. The molecule has 1 aromatic heterocycles. The molecular formula is C14H17N3O3. The number of carbonyl (C=O) groups is 1. The molecule has 20 heavy (non-hydrogen) atoms. The molecule has 6 heteroatoms. The molecule has 0 fully saturated rings. The monoisotopic (exact) mass is 275 g/mol. The van der Waals surface area contributed by atoms with Gasteiger partial charge < -0.3 is 15.4 Å². The third-order valence-corrected chi connectivity index (χ3v) is 3.00. The molecule has 3 N–H and O–H groups in total. The van der Waals surface area contributed by atoms with Gasteiger partial charge in [0.15, 0.2) is 0 Å². The van der Waals surface area contributed by atoms with Crippen LogP contribution in [0.15, 0.2) is 41.5 Å². The van der Waals surface area contributed by atoms with Crippen molar-refractivity contribution in [2.75, 3.05) is 5.32 Å². The SMILES string of the molecule is CC(CCC(=O)O)Nc1ccc(-n2cc[nH]c2=O)cc1. The van der Waals surface area contributed by atoms with Gasteiger partial charge in [-0.25, -0.2) is 4.79 Å². The Hall–Kier alpha value is -2.50. The number of nitrogens with one attached hydrogen (secondary N) is 2. The molecule has 0 saturated carbocycles. The van der Waals surface area contributed by atoms with Crippen molar-refractivity contribution in [3.05, 3.63) is 47.1 Å². The number of anilines is 1. The number of hydrogen-bond donors (Lipinski definition) is 3. The van der Waals surface area contributed by atoms with Crippen molar-refractivity contribution in [1.82, 2.24) is 9.55 Å². The van der Waals surface area contributed by atoms with Crippen LogP contribution >= 0.6 is 0 Å². The van der Waals surface area contributed by atoms with E-state index in [4.69, 9.17) is 5.11 Å². The maximum Gasteiger partial charge on any atom is 0.330 e. The molecule has 0 saturated heterocycles. The van der Waals surface area contributed by atoms with Gasteiger partial charge in [-0.1, -0.05) is 0 Å². The average Bonchev–Trinajstić information content (AvgIpc) is 2.84. The van der Waals surface area contributed by atoms with Crippen LogP contribution in [0.3, 0.4) is 0 Å². The zero-order chi connectivity index (χ0) is 14.5. The van der Waals surface area contributed by atoms with Gasteiger partial charge in [0.05, 0.1) is 5.69 Å². The Morgan fingerprint density at radius 3 is 2.65 bits per heavy atom. The van der Waals surface area contributed by atoms with Crippen molar-refractivity contribution < 1.29 is 9.90 Å². The number of hydrogen-bond acceptors (Lipinski definition) is 3. The van der Waals surface area contributed by atoms with Crippen molar-refractivity contribution in [2.45, 2.75) is 25.8 Å². The highest BCUT2D eigenvalue weighted by atomic mass is 16.4. The molecule has 0 aliphatic carbocycles. The summed E-state index contributed by atoms with van der Waals surface area (Å²) in [5.41, 5.74) is 1.50. The van der Waals surface area contributed by atoms with Crippen LogP contribution in [0.25, 0.3) is 5.69 Å². The lowest BCUT2D eigenvalue weighted by Crippen LogP contribution is -2.17. The Labute approximate surface area is 116 Å². The highest BCUT2D eigenvalue weighted by Gasteiger charge is 2.06. The fourth-order valence-electron chi connectivity index (χ4n) is 1.94. The Bertz CT molecular complexity index is 628. The summed E-state index contributed by atoms with van der Waals surface area (Å²) in [6.45, 7) is 1.94. The van der Waals surface area contributed by atoms with Crippen molar-refractivity contribution >= 4 is 11.7 Å². The van der Waals surface area contributed by atoms with Crippen LogP contribution in [0.2, 0.25) is 0 Å². The molecule has 0 aliphatic heterocycles. The van der Waals surface area contributed by atoms with Gasteiger partial charge in [0.2, 0.25) is 0 Å². The maximum absolute atomic E-state index is 11.5. The van der Waals surface area contributed by atoms with E-state index in [-0.39, 0.29) is 18.2 Å². The van der Waals surface area contributed by atoms with Gasteiger partial charge in [-0.2, -0.15) is 0 Å². The molecule has 1 heterocycles. The number of aliphatic carboxylic acids is 1. The minimum Gasteiger partial charge on any atom is -0.481 e. The van der Waals surface area contributed by atoms with E-state index in [0.717, 1.165) is 11.4 Å². The Morgan fingerprint density at radius 2 is 2.10 bits per heavy atom. The lowest BCUT2D eigenvalue weighted by atomic mass is 10.1. The van der Waals surface area contributed by atoms with Gasteiger partial charge in [-0.3, -0.25) is 9.36 Å². The minimum atomic E-state index is -0.791. The number of aromatic nitrogens is 2. The van der Waals surface area contributed by atoms with Crippen LogP contribution in [-0.2, 0) is 4.79 Å². The second-order valence-corrected chi connectivity index (χ2v) is 4.66. The van der Waals surface area contributed by atoms with Gasteiger partial charge in [-0.05, 0) is 37.6 Å². The standard InChI is InChI=1S/C14H17N3O3/c1-10(2-7-13(18)19)16-11-3-5-12(6-4-11)17-9-8-15-14(17)20/h3-6,8-10,16H,2,7H2,1H3,(H,15,20)(H,18,19). The van der Waals surface area contributed by atoms with E-state index in [1.165, 1.54) is 4.57 Å². The van der Waals surface area contributed by atoms with Crippen LogP contribution in [0.1, 0.15) is 19.8 Å². The molecular weight excluding hydrogens is 258 g/mol. The van der Waals surface area contributed by atoms with Crippen molar-refractivity contribution in [3.8, 4) is 5.69 Å². The first-order valence-electron chi connectivity index (χ1n) is 6.41. The van der Waals surface area contributed by atoms with Crippen LogP contribution in [0.4, 0.5) is 5.69 Å². The highest BCUT2D eigenvalue weighted by molar-refractivity contribution is 5.66. The molecule has 106 valence electrons. The second kappa shape index (κ2) is 6.10. The minimum absolute atomic E-state index is 0.0759. The summed E-state index contributed by atoms with van der Waals surface area (Å²) in [7, 11) is 0. The van der Waals surface area contributed by atoms with Crippen molar-refractivity contribution in [1.29, 1.82) is 0 Å². The summed E-state index contributed by atoms with van der Waals surface area (Å²) in [4.78, 5) is 24.5. The molecule has 1 unspecified atom stereocenters. The molecule has 0 aliphatic rings. The molecule has 2 aromatic rings. The number of nitrogens with zero attached hydrogens (tertiary/aromatic N) is 1. The maximum atomic E-state index is 11.5. The fourth-order valence-corrected chi connectivity index (χ4v) is 1.94. The van der Waals surface area contributed by atoms with Gasteiger partial charge in [0, 0.05) is 30.5 Å². The average molecular weight is 275 g/mol. The topological polar surface area (TPSA) is 87.1 Å². The van der Waals surface area contributed by atoms with E-state index in [2.05, 4.69) is 10.3 Å². The smallest absolute Gasteiger partial charge is 0.330 e. The van der Waals surface area contributed by atoms with E-state index in [0.29, 0.717) is 6.42 Å². The van der Waals surface area contributed by atoms with E-state index in [1.54, 1.807) is 12.4 Å². The van der Waals surface area contributed by atoms with E-state index < -0.39 is 5.97 Å². The van der Waals surface area contributed by atoms with Gasteiger partial charge in [0.25, 0.3) is 0 Å². The quantitative estimate of drug-likeness (QED) is 0.750. The number of carboxylic acids is 1. The number of H-pyrrole nitrogens is 1. The Kier molecular flexibility index (Phi) is 4.24. The zero-order valence-electron chi connectivity index (χ0n) is 11.2. The van der Waals surface area contributed by atoms with Crippen LogP contribution in [0.5, 0.6) is 0 Å². The Morgan fingerprint density at radius 1 is 1.40 bits per heavy atom. The summed E-state index contributed by atoms with van der Waals surface area (Å²) in [6.07, 6.45) is 3.96. The van der Waals surface area contributed by atoms with E-state index in [1.807, 2.05) is 31.2 Å². The number of benzene rings is 1. The molecule has 0 amide bonds. The molecule has 0 radical (unpaired) electrons. The molecule has 2 rings (SSSR count). The van der Waals surface area contributed by atoms with Crippen molar-refractivity contribution in [3.63, 3.8) is 0 Å². The third kappa shape index (κ3) is 3.50. The molecule has 1 aromatic carbocycles. The van der Waals surface area contributed by atoms with Crippen LogP contribution in [0, 0.1) is 0 Å².